The van der Waals surface area contributed by atoms with Gasteiger partial charge in [0, 0.05) is 31.9 Å². The minimum absolute atomic E-state index is 0.0320. The summed E-state index contributed by atoms with van der Waals surface area (Å²) in [5.74, 6) is 0.339. The molecule has 8 heteroatoms. The summed E-state index contributed by atoms with van der Waals surface area (Å²) in [7, 11) is 0. The number of amides is 2. The first-order chi connectivity index (χ1) is 13.5. The fourth-order valence-electron chi connectivity index (χ4n) is 3.08. The number of benzene rings is 1. The molecule has 1 aromatic heterocycles. The van der Waals surface area contributed by atoms with Gasteiger partial charge in [0.05, 0.1) is 25.4 Å². The van der Waals surface area contributed by atoms with Gasteiger partial charge in [-0.05, 0) is 43.3 Å². The summed E-state index contributed by atoms with van der Waals surface area (Å²) in [6, 6.07) is 9.33. The molecular formula is C20H25FN4O3. The van der Waals surface area contributed by atoms with Crippen molar-refractivity contribution < 1.29 is 18.4 Å². The molecule has 28 heavy (non-hydrogen) atoms. The van der Waals surface area contributed by atoms with Crippen molar-refractivity contribution in [3.8, 4) is 0 Å². The SMILES string of the molecule is C[C@H](NCC(=O)N1CCN(CC(=O)Nc2ccc(F)cc2)CC1)c1ccco1. The van der Waals surface area contributed by atoms with E-state index >= 15 is 0 Å². The molecule has 2 heterocycles. The molecule has 2 aromatic rings. The summed E-state index contributed by atoms with van der Waals surface area (Å²) >= 11 is 0. The molecule has 0 radical (unpaired) electrons. The highest BCUT2D eigenvalue weighted by Crippen LogP contribution is 2.12. The standard InChI is InChI=1S/C20H25FN4O3/c1-15(18-3-2-12-28-18)22-13-20(27)25-10-8-24(9-11-25)14-19(26)23-17-6-4-16(21)5-7-17/h2-7,12,15,22H,8-11,13-14H2,1H3,(H,23,26)/t15-/m0/s1. The number of carbonyl (C=O) groups is 2. The Hall–Kier alpha value is -2.71. The Kier molecular flexibility index (Phi) is 6.78. The van der Waals surface area contributed by atoms with Crippen LogP contribution >= 0.6 is 0 Å². The van der Waals surface area contributed by atoms with Crippen molar-refractivity contribution in [1.82, 2.24) is 15.1 Å². The molecule has 0 aliphatic carbocycles. The lowest BCUT2D eigenvalue weighted by molar-refractivity contribution is -0.132. The molecule has 0 unspecified atom stereocenters. The summed E-state index contributed by atoms with van der Waals surface area (Å²) in [5, 5.41) is 5.92. The van der Waals surface area contributed by atoms with Gasteiger partial charge in [0.15, 0.2) is 0 Å². The molecule has 1 atom stereocenters. The maximum absolute atomic E-state index is 12.9. The predicted octanol–water partition coefficient (Wildman–Crippen LogP) is 1.85. The quantitative estimate of drug-likeness (QED) is 0.757. The fourth-order valence-corrected chi connectivity index (χ4v) is 3.08. The number of carbonyl (C=O) groups excluding carboxylic acids is 2. The number of hydrogen-bond acceptors (Lipinski definition) is 5. The highest BCUT2D eigenvalue weighted by Gasteiger charge is 2.23. The molecule has 1 saturated heterocycles. The van der Waals surface area contributed by atoms with Gasteiger partial charge < -0.3 is 14.6 Å². The fraction of sp³-hybridized carbons (Fsp3) is 0.400. The van der Waals surface area contributed by atoms with E-state index in [1.807, 2.05) is 24.0 Å². The van der Waals surface area contributed by atoms with Crippen molar-refractivity contribution in [1.29, 1.82) is 0 Å². The van der Waals surface area contributed by atoms with Crippen LogP contribution in [0.4, 0.5) is 10.1 Å². The van der Waals surface area contributed by atoms with Crippen LogP contribution in [0.5, 0.6) is 0 Å². The predicted molar refractivity (Wildman–Crippen MR) is 103 cm³/mol. The van der Waals surface area contributed by atoms with Crippen LogP contribution in [0.15, 0.2) is 47.1 Å². The highest BCUT2D eigenvalue weighted by atomic mass is 19.1. The zero-order valence-electron chi connectivity index (χ0n) is 15.9. The molecule has 1 aliphatic heterocycles. The Balaban J connectivity index is 1.37. The Bertz CT molecular complexity index is 771. The summed E-state index contributed by atoms with van der Waals surface area (Å²) in [5.41, 5.74) is 0.567. The molecule has 0 bridgehead atoms. The van der Waals surface area contributed by atoms with Gasteiger partial charge in [-0.15, -0.1) is 0 Å². The van der Waals surface area contributed by atoms with E-state index in [4.69, 9.17) is 4.42 Å². The van der Waals surface area contributed by atoms with E-state index < -0.39 is 0 Å². The monoisotopic (exact) mass is 388 g/mol. The van der Waals surface area contributed by atoms with Gasteiger partial charge in [-0.2, -0.15) is 0 Å². The molecule has 1 aliphatic rings. The second kappa shape index (κ2) is 9.48. The van der Waals surface area contributed by atoms with Crippen LogP contribution in [0.1, 0.15) is 18.7 Å². The molecule has 0 saturated carbocycles. The maximum Gasteiger partial charge on any atom is 0.238 e. The zero-order chi connectivity index (χ0) is 19.9. The van der Waals surface area contributed by atoms with Gasteiger partial charge >= 0.3 is 0 Å². The molecule has 3 rings (SSSR count). The minimum atomic E-state index is -0.341. The number of rotatable bonds is 7. The van der Waals surface area contributed by atoms with Crippen LogP contribution in [0.2, 0.25) is 0 Å². The molecule has 7 nitrogen and oxygen atoms in total. The number of furan rings is 1. The van der Waals surface area contributed by atoms with Crippen LogP contribution < -0.4 is 10.6 Å². The summed E-state index contributed by atoms with van der Waals surface area (Å²) in [6.07, 6.45) is 1.61. The molecule has 150 valence electrons. The molecule has 0 spiro atoms. The summed E-state index contributed by atoms with van der Waals surface area (Å²) in [4.78, 5) is 28.3. The lowest BCUT2D eigenvalue weighted by atomic mass is 10.2. The van der Waals surface area contributed by atoms with Gasteiger partial charge in [-0.3, -0.25) is 19.8 Å². The van der Waals surface area contributed by atoms with E-state index in [9.17, 15) is 14.0 Å². The van der Waals surface area contributed by atoms with Crippen molar-refractivity contribution in [2.75, 3.05) is 44.6 Å². The van der Waals surface area contributed by atoms with Crippen LogP contribution in [0, 0.1) is 5.82 Å². The Morgan fingerprint density at radius 2 is 1.86 bits per heavy atom. The van der Waals surface area contributed by atoms with E-state index in [0.717, 1.165) is 5.76 Å². The maximum atomic E-state index is 12.9. The van der Waals surface area contributed by atoms with Gasteiger partial charge in [-0.1, -0.05) is 0 Å². The smallest absolute Gasteiger partial charge is 0.238 e. The van der Waals surface area contributed by atoms with Crippen molar-refractivity contribution in [2.24, 2.45) is 0 Å². The molecule has 2 N–H and O–H groups in total. The Labute approximate surface area is 163 Å². The third-order valence-corrected chi connectivity index (χ3v) is 4.75. The number of anilines is 1. The van der Waals surface area contributed by atoms with Crippen LogP contribution in [0.3, 0.4) is 0 Å². The van der Waals surface area contributed by atoms with Crippen molar-refractivity contribution in [3.63, 3.8) is 0 Å². The van der Waals surface area contributed by atoms with E-state index in [2.05, 4.69) is 10.6 Å². The normalized spacial score (nSPS) is 16.0. The molecular weight excluding hydrogens is 363 g/mol. The second-order valence-corrected chi connectivity index (χ2v) is 6.83. The Morgan fingerprint density at radius 3 is 2.50 bits per heavy atom. The summed E-state index contributed by atoms with van der Waals surface area (Å²) < 4.78 is 18.2. The van der Waals surface area contributed by atoms with Crippen molar-refractivity contribution >= 4 is 17.5 Å². The second-order valence-electron chi connectivity index (χ2n) is 6.83. The average molecular weight is 388 g/mol. The molecule has 1 aromatic carbocycles. The van der Waals surface area contributed by atoms with E-state index in [0.29, 0.717) is 31.9 Å². The minimum Gasteiger partial charge on any atom is -0.468 e. The topological polar surface area (TPSA) is 77.8 Å². The first-order valence-electron chi connectivity index (χ1n) is 9.33. The number of piperazine rings is 1. The van der Waals surface area contributed by atoms with Gasteiger partial charge in [0.2, 0.25) is 11.8 Å². The lowest BCUT2D eigenvalue weighted by Gasteiger charge is -2.34. The lowest BCUT2D eigenvalue weighted by Crippen LogP contribution is -2.52. The third-order valence-electron chi connectivity index (χ3n) is 4.75. The number of nitrogens with one attached hydrogen (secondary N) is 2. The van der Waals surface area contributed by atoms with E-state index in [-0.39, 0.29) is 36.8 Å². The number of hydrogen-bond donors (Lipinski definition) is 2. The first-order valence-corrected chi connectivity index (χ1v) is 9.33. The van der Waals surface area contributed by atoms with Crippen LogP contribution in [0.25, 0.3) is 0 Å². The van der Waals surface area contributed by atoms with Crippen LogP contribution in [-0.2, 0) is 9.59 Å². The zero-order valence-corrected chi connectivity index (χ0v) is 15.9. The van der Waals surface area contributed by atoms with Gasteiger partial charge in [0.1, 0.15) is 11.6 Å². The summed E-state index contributed by atoms with van der Waals surface area (Å²) in [6.45, 7) is 4.87. The van der Waals surface area contributed by atoms with Crippen LogP contribution in [-0.4, -0.2) is 60.9 Å². The van der Waals surface area contributed by atoms with Crippen molar-refractivity contribution in [3.05, 3.63) is 54.2 Å². The van der Waals surface area contributed by atoms with Crippen molar-refractivity contribution in [2.45, 2.75) is 13.0 Å². The molecule has 1 fully saturated rings. The average Bonchev–Trinajstić information content (AvgIpc) is 3.23. The largest absolute Gasteiger partial charge is 0.468 e. The number of halogens is 1. The van der Waals surface area contributed by atoms with E-state index in [1.54, 1.807) is 11.2 Å². The molecule has 2 amide bonds. The van der Waals surface area contributed by atoms with E-state index in [1.165, 1.54) is 24.3 Å². The number of nitrogens with zero attached hydrogens (tertiary/aromatic N) is 2. The van der Waals surface area contributed by atoms with Gasteiger partial charge in [-0.25, -0.2) is 4.39 Å². The third kappa shape index (κ3) is 5.64. The first kappa shape index (κ1) is 20.0. The highest BCUT2D eigenvalue weighted by molar-refractivity contribution is 5.92. The van der Waals surface area contributed by atoms with Gasteiger partial charge in [0.25, 0.3) is 0 Å². The Morgan fingerprint density at radius 1 is 1.14 bits per heavy atom.